The summed E-state index contributed by atoms with van der Waals surface area (Å²) in [7, 11) is 0. The largest absolute Gasteiger partial charge is 0.394 e. The Labute approximate surface area is 96.9 Å². The van der Waals surface area contributed by atoms with Crippen LogP contribution in [0.4, 0.5) is 0 Å². The number of aliphatic hydroxyl groups is 1. The third-order valence-electron chi connectivity index (χ3n) is 2.53. The monoisotopic (exact) mass is 268 g/mol. The van der Waals surface area contributed by atoms with Gasteiger partial charge in [-0.3, -0.25) is 0 Å². The summed E-state index contributed by atoms with van der Waals surface area (Å²) < 4.78 is 2.96. The number of aromatic nitrogens is 2. The van der Waals surface area contributed by atoms with Gasteiger partial charge in [0.15, 0.2) is 0 Å². The van der Waals surface area contributed by atoms with Gasteiger partial charge < -0.3 is 9.67 Å². The van der Waals surface area contributed by atoms with E-state index >= 15 is 0 Å². The maximum Gasteiger partial charge on any atom is 0.140 e. The van der Waals surface area contributed by atoms with E-state index in [0.717, 1.165) is 15.5 Å². The molecule has 0 saturated carbocycles. The molecule has 0 amide bonds. The summed E-state index contributed by atoms with van der Waals surface area (Å²) in [5, 5.41) is 10.4. The van der Waals surface area contributed by atoms with Gasteiger partial charge in [-0.15, -0.1) is 0 Å². The smallest absolute Gasteiger partial charge is 0.140 e. The third kappa shape index (κ3) is 1.79. The quantitative estimate of drug-likeness (QED) is 0.909. The first-order chi connectivity index (χ1) is 7.04. The zero-order valence-corrected chi connectivity index (χ0v) is 10.3. The van der Waals surface area contributed by atoms with Gasteiger partial charge in [-0.1, -0.05) is 0 Å². The minimum Gasteiger partial charge on any atom is -0.394 e. The normalized spacial score (nSPS) is 12.3. The van der Waals surface area contributed by atoms with Crippen LogP contribution >= 0.6 is 15.9 Å². The highest BCUT2D eigenvalue weighted by atomic mass is 79.9. The topological polar surface area (TPSA) is 38.0 Å². The van der Waals surface area contributed by atoms with E-state index in [1.54, 1.807) is 6.20 Å². The number of hydrogen-bond donors (Lipinski definition) is 1. The first-order valence-corrected chi connectivity index (χ1v) is 5.58. The summed E-state index contributed by atoms with van der Waals surface area (Å²) in [6, 6.07) is 4.02. The van der Waals surface area contributed by atoms with Crippen LogP contribution in [0.15, 0.2) is 29.0 Å². The molecule has 0 fully saturated rings. The van der Waals surface area contributed by atoms with Gasteiger partial charge in [0.2, 0.25) is 0 Å². The van der Waals surface area contributed by atoms with Crippen molar-refractivity contribution in [3.05, 3.63) is 29.0 Å². The third-order valence-corrected chi connectivity index (χ3v) is 2.97. The van der Waals surface area contributed by atoms with Crippen molar-refractivity contribution in [3.63, 3.8) is 0 Å². The Morgan fingerprint density at radius 2 is 2.27 bits per heavy atom. The molecule has 2 heterocycles. The lowest BCUT2D eigenvalue weighted by Gasteiger charge is -2.24. The average Bonchev–Trinajstić information content (AvgIpc) is 2.61. The molecule has 0 atom stereocenters. The van der Waals surface area contributed by atoms with E-state index in [4.69, 9.17) is 0 Å². The molecule has 80 valence electrons. The first kappa shape index (κ1) is 10.6. The van der Waals surface area contributed by atoms with Crippen LogP contribution in [0.25, 0.3) is 11.0 Å². The van der Waals surface area contributed by atoms with Crippen molar-refractivity contribution < 1.29 is 5.11 Å². The highest BCUT2D eigenvalue weighted by Crippen LogP contribution is 2.24. The van der Waals surface area contributed by atoms with E-state index in [1.165, 1.54) is 0 Å². The van der Waals surface area contributed by atoms with Crippen LogP contribution in [0.2, 0.25) is 0 Å². The molecule has 0 saturated heterocycles. The van der Waals surface area contributed by atoms with Crippen molar-refractivity contribution in [1.29, 1.82) is 0 Å². The number of aliphatic hydroxyl groups excluding tert-OH is 1. The maximum atomic E-state index is 9.32. The standard InChI is InChI=1S/C11H13BrN2O/c1-11(2,7-15)14-4-3-8-5-9(12)6-13-10(8)14/h3-6,15H,7H2,1-2H3. The molecule has 0 bridgehead atoms. The molecule has 2 aromatic rings. The molecule has 3 nitrogen and oxygen atoms in total. The van der Waals surface area contributed by atoms with Crippen LogP contribution in [0.1, 0.15) is 13.8 Å². The molecule has 0 aromatic carbocycles. The van der Waals surface area contributed by atoms with E-state index in [1.807, 2.05) is 36.7 Å². The van der Waals surface area contributed by atoms with E-state index in [2.05, 4.69) is 20.9 Å². The highest BCUT2D eigenvalue weighted by Gasteiger charge is 2.20. The number of fused-ring (bicyclic) bond motifs is 1. The van der Waals surface area contributed by atoms with Crippen molar-refractivity contribution in [2.75, 3.05) is 6.61 Å². The second kappa shape index (κ2) is 3.61. The number of hydrogen-bond acceptors (Lipinski definition) is 2. The van der Waals surface area contributed by atoms with Crippen LogP contribution in [0.3, 0.4) is 0 Å². The second-order valence-corrected chi connectivity index (χ2v) is 5.14. The zero-order valence-electron chi connectivity index (χ0n) is 8.74. The number of halogens is 1. The second-order valence-electron chi connectivity index (χ2n) is 4.22. The van der Waals surface area contributed by atoms with Crippen molar-refractivity contribution in [2.45, 2.75) is 19.4 Å². The lowest BCUT2D eigenvalue weighted by molar-refractivity contribution is 0.168. The van der Waals surface area contributed by atoms with Gasteiger partial charge in [-0.2, -0.15) is 0 Å². The fraction of sp³-hybridized carbons (Fsp3) is 0.364. The molecule has 0 aliphatic rings. The molecule has 1 N–H and O–H groups in total. The molecule has 2 aromatic heterocycles. The van der Waals surface area contributed by atoms with Gasteiger partial charge in [0.1, 0.15) is 5.65 Å². The fourth-order valence-corrected chi connectivity index (χ4v) is 1.91. The zero-order chi connectivity index (χ0) is 11.1. The summed E-state index contributed by atoms with van der Waals surface area (Å²) in [5.41, 5.74) is 0.583. The molecule has 0 radical (unpaired) electrons. The minimum atomic E-state index is -0.317. The summed E-state index contributed by atoms with van der Waals surface area (Å²) >= 11 is 3.39. The molecular formula is C11H13BrN2O. The summed E-state index contributed by atoms with van der Waals surface area (Å²) in [4.78, 5) is 4.36. The fourth-order valence-electron chi connectivity index (χ4n) is 1.56. The Kier molecular flexibility index (Phi) is 2.56. The SMILES string of the molecule is CC(C)(CO)n1ccc2cc(Br)cnc21. The number of nitrogens with zero attached hydrogens (tertiary/aromatic N) is 2. The summed E-state index contributed by atoms with van der Waals surface area (Å²) in [6.07, 6.45) is 3.73. The van der Waals surface area contributed by atoms with Crippen LogP contribution in [0.5, 0.6) is 0 Å². The van der Waals surface area contributed by atoms with Crippen LogP contribution in [-0.2, 0) is 5.54 Å². The molecule has 4 heteroatoms. The Morgan fingerprint density at radius 1 is 1.53 bits per heavy atom. The minimum absolute atomic E-state index is 0.0918. The van der Waals surface area contributed by atoms with Gasteiger partial charge in [0, 0.05) is 22.3 Å². The Bertz CT molecular complexity index is 490. The predicted molar refractivity (Wildman–Crippen MR) is 63.8 cm³/mol. The van der Waals surface area contributed by atoms with Gasteiger partial charge in [0.05, 0.1) is 12.1 Å². The Morgan fingerprint density at radius 3 is 2.93 bits per heavy atom. The van der Waals surface area contributed by atoms with Crippen LogP contribution < -0.4 is 0 Å². The van der Waals surface area contributed by atoms with Crippen molar-refractivity contribution >= 4 is 27.0 Å². The number of pyridine rings is 1. The van der Waals surface area contributed by atoms with Crippen LogP contribution in [-0.4, -0.2) is 21.3 Å². The summed E-state index contributed by atoms with van der Waals surface area (Å²) in [5.74, 6) is 0. The first-order valence-electron chi connectivity index (χ1n) is 4.78. The predicted octanol–water partition coefficient (Wildman–Crippen LogP) is 2.53. The number of rotatable bonds is 2. The van der Waals surface area contributed by atoms with Crippen molar-refractivity contribution in [2.24, 2.45) is 0 Å². The van der Waals surface area contributed by atoms with Crippen LogP contribution in [0, 0.1) is 0 Å². The molecule has 0 aliphatic heterocycles. The summed E-state index contributed by atoms with van der Waals surface area (Å²) in [6.45, 7) is 4.06. The van der Waals surface area contributed by atoms with E-state index < -0.39 is 0 Å². The molecule has 0 unspecified atom stereocenters. The van der Waals surface area contributed by atoms with E-state index in [0.29, 0.717) is 0 Å². The van der Waals surface area contributed by atoms with Gasteiger partial charge in [0.25, 0.3) is 0 Å². The van der Waals surface area contributed by atoms with Gasteiger partial charge >= 0.3 is 0 Å². The van der Waals surface area contributed by atoms with E-state index in [9.17, 15) is 5.11 Å². The Hall–Kier alpha value is -0.870. The lowest BCUT2D eigenvalue weighted by atomic mass is 10.1. The highest BCUT2D eigenvalue weighted by molar-refractivity contribution is 9.10. The molecular weight excluding hydrogens is 256 g/mol. The van der Waals surface area contributed by atoms with E-state index in [-0.39, 0.29) is 12.1 Å². The maximum absolute atomic E-state index is 9.32. The molecule has 0 aliphatic carbocycles. The molecule has 2 rings (SSSR count). The lowest BCUT2D eigenvalue weighted by Crippen LogP contribution is -2.29. The van der Waals surface area contributed by atoms with Gasteiger partial charge in [-0.05, 0) is 41.9 Å². The Balaban J connectivity index is 2.64. The van der Waals surface area contributed by atoms with Crippen molar-refractivity contribution in [3.8, 4) is 0 Å². The molecule has 0 spiro atoms. The van der Waals surface area contributed by atoms with Gasteiger partial charge in [-0.25, -0.2) is 4.98 Å². The molecule has 15 heavy (non-hydrogen) atoms. The van der Waals surface area contributed by atoms with Crippen molar-refractivity contribution in [1.82, 2.24) is 9.55 Å². The average molecular weight is 269 g/mol.